The van der Waals surface area contributed by atoms with Gasteiger partial charge in [0.1, 0.15) is 5.75 Å². The van der Waals surface area contributed by atoms with E-state index in [0.29, 0.717) is 12.1 Å². The van der Waals surface area contributed by atoms with Gasteiger partial charge >= 0.3 is 5.69 Å². The SMILES string of the molecule is COc1ccc(C(=O)CN2CCC(n3c(=O)[nH]c4ccccc43)CC2)cc1. The van der Waals surface area contributed by atoms with Gasteiger partial charge in [0, 0.05) is 24.7 Å². The van der Waals surface area contributed by atoms with Gasteiger partial charge in [0.2, 0.25) is 0 Å². The molecule has 2 heterocycles. The molecule has 6 heteroatoms. The number of likely N-dealkylation sites (tertiary alicyclic amines) is 1. The lowest BCUT2D eigenvalue weighted by atomic mass is 10.0. The summed E-state index contributed by atoms with van der Waals surface area (Å²) in [7, 11) is 1.61. The zero-order valence-electron chi connectivity index (χ0n) is 15.4. The Kier molecular flexibility index (Phi) is 4.81. The first-order valence-electron chi connectivity index (χ1n) is 9.24. The zero-order chi connectivity index (χ0) is 18.8. The lowest BCUT2D eigenvalue weighted by Crippen LogP contribution is -2.39. The number of para-hydroxylation sites is 2. The quantitative estimate of drug-likeness (QED) is 0.706. The minimum absolute atomic E-state index is 0.0519. The first-order valence-corrected chi connectivity index (χ1v) is 9.24. The molecule has 1 saturated heterocycles. The highest BCUT2D eigenvalue weighted by Gasteiger charge is 2.24. The van der Waals surface area contributed by atoms with Crippen LogP contribution in [0.1, 0.15) is 29.2 Å². The second-order valence-electron chi connectivity index (χ2n) is 6.98. The van der Waals surface area contributed by atoms with Gasteiger partial charge in [-0.05, 0) is 49.2 Å². The molecule has 0 bridgehead atoms. The largest absolute Gasteiger partial charge is 0.497 e. The summed E-state index contributed by atoms with van der Waals surface area (Å²) in [5.74, 6) is 0.858. The minimum atomic E-state index is -0.0519. The maximum Gasteiger partial charge on any atom is 0.326 e. The predicted molar refractivity (Wildman–Crippen MR) is 105 cm³/mol. The maximum atomic E-state index is 12.5. The van der Waals surface area contributed by atoms with E-state index in [2.05, 4.69) is 9.88 Å². The fourth-order valence-electron chi connectivity index (χ4n) is 3.84. The number of aromatic amines is 1. The first-order chi connectivity index (χ1) is 13.2. The highest BCUT2D eigenvalue weighted by molar-refractivity contribution is 5.97. The number of carbonyl (C=O) groups is 1. The lowest BCUT2D eigenvalue weighted by Gasteiger charge is -2.32. The van der Waals surface area contributed by atoms with Crippen molar-refractivity contribution in [2.24, 2.45) is 0 Å². The molecule has 0 spiro atoms. The van der Waals surface area contributed by atoms with Crippen LogP contribution in [0.2, 0.25) is 0 Å². The summed E-state index contributed by atoms with van der Waals surface area (Å²) in [5.41, 5.74) is 2.48. The Hall–Kier alpha value is -2.86. The van der Waals surface area contributed by atoms with Gasteiger partial charge in [0.05, 0.1) is 24.7 Å². The number of carbonyl (C=O) groups excluding carboxylic acids is 1. The Balaban J connectivity index is 1.40. The Morgan fingerprint density at radius 2 is 1.81 bits per heavy atom. The van der Waals surface area contributed by atoms with Crippen LogP contribution in [0.15, 0.2) is 53.3 Å². The van der Waals surface area contributed by atoms with E-state index in [1.165, 1.54) is 0 Å². The van der Waals surface area contributed by atoms with Gasteiger partial charge in [0.15, 0.2) is 5.78 Å². The third kappa shape index (κ3) is 3.53. The molecule has 6 nitrogen and oxygen atoms in total. The van der Waals surface area contributed by atoms with Crippen LogP contribution >= 0.6 is 0 Å². The molecule has 0 aliphatic carbocycles. The van der Waals surface area contributed by atoms with Crippen molar-refractivity contribution >= 4 is 16.8 Å². The van der Waals surface area contributed by atoms with Gasteiger partial charge in [-0.15, -0.1) is 0 Å². The third-order valence-electron chi connectivity index (χ3n) is 5.33. The van der Waals surface area contributed by atoms with Crippen LogP contribution in [0.5, 0.6) is 5.75 Å². The standard InChI is InChI=1S/C21H23N3O3/c1-27-17-8-6-15(7-9-17)20(25)14-23-12-10-16(11-13-23)24-19-5-3-2-4-18(19)22-21(24)26/h2-9,16H,10-14H2,1H3,(H,22,26). The number of ether oxygens (including phenoxy) is 1. The van der Waals surface area contributed by atoms with E-state index >= 15 is 0 Å². The van der Waals surface area contributed by atoms with E-state index in [9.17, 15) is 9.59 Å². The molecule has 2 aromatic carbocycles. The number of nitrogens with zero attached hydrogens (tertiary/aromatic N) is 2. The molecule has 1 aliphatic rings. The number of piperidine rings is 1. The van der Waals surface area contributed by atoms with Crippen LogP contribution in [0.4, 0.5) is 0 Å². The number of rotatable bonds is 5. The van der Waals surface area contributed by atoms with Crippen molar-refractivity contribution in [1.82, 2.24) is 14.5 Å². The first kappa shape index (κ1) is 17.5. The third-order valence-corrected chi connectivity index (χ3v) is 5.33. The van der Waals surface area contributed by atoms with Crippen LogP contribution < -0.4 is 10.4 Å². The van der Waals surface area contributed by atoms with Crippen LogP contribution in [-0.2, 0) is 0 Å². The number of fused-ring (bicyclic) bond motifs is 1. The summed E-state index contributed by atoms with van der Waals surface area (Å²) < 4.78 is 7.01. The van der Waals surface area contributed by atoms with Crippen molar-refractivity contribution in [2.45, 2.75) is 18.9 Å². The topological polar surface area (TPSA) is 67.3 Å². The molecule has 0 atom stereocenters. The van der Waals surface area contributed by atoms with E-state index in [1.807, 2.05) is 41.0 Å². The van der Waals surface area contributed by atoms with Crippen molar-refractivity contribution in [3.63, 3.8) is 0 Å². The number of H-pyrrole nitrogens is 1. The highest BCUT2D eigenvalue weighted by Crippen LogP contribution is 2.25. The molecular weight excluding hydrogens is 342 g/mol. The number of nitrogens with one attached hydrogen (secondary N) is 1. The molecule has 0 saturated carbocycles. The van der Waals surface area contributed by atoms with E-state index < -0.39 is 0 Å². The molecule has 4 rings (SSSR count). The monoisotopic (exact) mass is 365 g/mol. The molecule has 0 radical (unpaired) electrons. The molecule has 0 amide bonds. The average molecular weight is 365 g/mol. The molecule has 140 valence electrons. The normalized spacial score (nSPS) is 15.9. The van der Waals surface area contributed by atoms with Crippen molar-refractivity contribution in [3.8, 4) is 5.75 Å². The summed E-state index contributed by atoms with van der Waals surface area (Å²) in [5, 5.41) is 0. The molecule has 1 aromatic heterocycles. The van der Waals surface area contributed by atoms with Gasteiger partial charge in [0.25, 0.3) is 0 Å². The van der Waals surface area contributed by atoms with Crippen LogP contribution in [0, 0.1) is 0 Å². The smallest absolute Gasteiger partial charge is 0.326 e. The molecule has 27 heavy (non-hydrogen) atoms. The Morgan fingerprint density at radius 1 is 1.11 bits per heavy atom. The average Bonchev–Trinajstić information content (AvgIpc) is 3.04. The van der Waals surface area contributed by atoms with Crippen LogP contribution in [0.25, 0.3) is 11.0 Å². The van der Waals surface area contributed by atoms with Gasteiger partial charge in [-0.3, -0.25) is 14.3 Å². The summed E-state index contributed by atoms with van der Waals surface area (Å²) in [4.78, 5) is 30.0. The van der Waals surface area contributed by atoms with E-state index in [1.54, 1.807) is 19.2 Å². The molecule has 3 aromatic rings. The number of Topliss-reactive ketones (excluding diaryl/α,β-unsaturated/α-hetero) is 1. The molecular formula is C21H23N3O3. The summed E-state index contributed by atoms with van der Waals surface area (Å²) in [6, 6.07) is 15.2. The van der Waals surface area contributed by atoms with E-state index in [-0.39, 0.29) is 17.5 Å². The predicted octanol–water partition coefficient (Wildman–Crippen LogP) is 2.86. The van der Waals surface area contributed by atoms with Crippen molar-refractivity contribution in [3.05, 3.63) is 64.6 Å². The Morgan fingerprint density at radius 3 is 2.52 bits per heavy atom. The second-order valence-corrected chi connectivity index (χ2v) is 6.98. The van der Waals surface area contributed by atoms with E-state index in [4.69, 9.17) is 4.74 Å². The summed E-state index contributed by atoms with van der Waals surface area (Å²) in [6.45, 7) is 2.01. The Labute approximate surface area is 157 Å². The van der Waals surface area contributed by atoms with Crippen molar-refractivity contribution in [1.29, 1.82) is 0 Å². The highest BCUT2D eigenvalue weighted by atomic mass is 16.5. The fourth-order valence-corrected chi connectivity index (χ4v) is 3.84. The van der Waals surface area contributed by atoms with Crippen molar-refractivity contribution in [2.75, 3.05) is 26.7 Å². The van der Waals surface area contributed by atoms with Crippen LogP contribution in [-0.4, -0.2) is 47.0 Å². The second kappa shape index (κ2) is 7.40. The maximum absolute atomic E-state index is 12.5. The molecule has 1 fully saturated rings. The minimum Gasteiger partial charge on any atom is -0.497 e. The van der Waals surface area contributed by atoms with Gasteiger partial charge in [-0.1, -0.05) is 12.1 Å². The lowest BCUT2D eigenvalue weighted by molar-refractivity contribution is 0.0898. The number of benzene rings is 2. The number of ketones is 1. The number of hydrogen-bond donors (Lipinski definition) is 1. The number of imidazole rings is 1. The number of hydrogen-bond acceptors (Lipinski definition) is 4. The molecule has 1 aliphatic heterocycles. The van der Waals surface area contributed by atoms with Crippen LogP contribution in [0.3, 0.4) is 0 Å². The molecule has 0 unspecified atom stereocenters. The van der Waals surface area contributed by atoms with E-state index in [0.717, 1.165) is 42.7 Å². The van der Waals surface area contributed by atoms with Gasteiger partial charge < -0.3 is 9.72 Å². The van der Waals surface area contributed by atoms with Crippen molar-refractivity contribution < 1.29 is 9.53 Å². The van der Waals surface area contributed by atoms with Gasteiger partial charge in [-0.25, -0.2) is 4.79 Å². The summed E-state index contributed by atoms with van der Waals surface area (Å²) in [6.07, 6.45) is 1.72. The summed E-state index contributed by atoms with van der Waals surface area (Å²) >= 11 is 0. The number of aromatic nitrogens is 2. The fraction of sp³-hybridized carbons (Fsp3) is 0.333. The Bertz CT molecular complexity index is 995. The molecule has 1 N–H and O–H groups in total. The zero-order valence-corrected chi connectivity index (χ0v) is 15.4. The van der Waals surface area contributed by atoms with Gasteiger partial charge in [-0.2, -0.15) is 0 Å². The number of methoxy groups -OCH3 is 1.